The van der Waals surface area contributed by atoms with Crippen LogP contribution < -0.4 is 19.1 Å². The number of hydrogen-bond acceptors (Lipinski definition) is 6. The van der Waals surface area contributed by atoms with Crippen molar-refractivity contribution < 1.29 is 19.0 Å². The van der Waals surface area contributed by atoms with E-state index in [0.29, 0.717) is 34.5 Å². The zero-order valence-electron chi connectivity index (χ0n) is 18.4. The number of benzene rings is 3. The molecule has 0 bridgehead atoms. The van der Waals surface area contributed by atoms with E-state index in [2.05, 4.69) is 0 Å². The summed E-state index contributed by atoms with van der Waals surface area (Å²) in [6.07, 6.45) is 0. The SMILES string of the molecule is COc1ccc(OC)c(C(=O)N(Cc2ccccc2)c2nc3c(OC)ccc(C)c3s2)c1. The van der Waals surface area contributed by atoms with Gasteiger partial charge in [0.15, 0.2) is 5.13 Å². The molecular weight excluding hydrogens is 424 g/mol. The first kappa shape index (κ1) is 21.6. The van der Waals surface area contributed by atoms with Crippen LogP contribution in [0, 0.1) is 6.92 Å². The molecule has 6 nitrogen and oxygen atoms in total. The Morgan fingerprint density at radius 2 is 1.66 bits per heavy atom. The van der Waals surface area contributed by atoms with Crippen molar-refractivity contribution in [2.24, 2.45) is 0 Å². The van der Waals surface area contributed by atoms with Crippen LogP contribution in [0.25, 0.3) is 10.2 Å². The van der Waals surface area contributed by atoms with Gasteiger partial charge in [-0.05, 0) is 42.3 Å². The standard InChI is InChI=1S/C25H24N2O4S/c1-16-10-12-21(31-4)22-23(16)32-25(26-22)27(15-17-8-6-5-7-9-17)24(28)19-14-18(29-2)11-13-20(19)30-3/h5-14H,15H2,1-4H3. The molecule has 0 fully saturated rings. The van der Waals surface area contributed by atoms with E-state index >= 15 is 0 Å². The molecule has 0 unspecified atom stereocenters. The maximum absolute atomic E-state index is 13.8. The third-order valence-corrected chi connectivity index (χ3v) is 6.42. The number of aromatic nitrogens is 1. The number of methoxy groups -OCH3 is 3. The molecule has 0 N–H and O–H groups in total. The number of hydrogen-bond donors (Lipinski definition) is 0. The van der Waals surface area contributed by atoms with Crippen LogP contribution in [0.3, 0.4) is 0 Å². The lowest BCUT2D eigenvalue weighted by Gasteiger charge is -2.21. The van der Waals surface area contributed by atoms with E-state index in [1.165, 1.54) is 11.3 Å². The second-order valence-electron chi connectivity index (χ2n) is 7.20. The number of ether oxygens (including phenoxy) is 3. The van der Waals surface area contributed by atoms with Crippen LogP contribution in [0.2, 0.25) is 0 Å². The molecule has 0 aliphatic carbocycles. The molecule has 0 aliphatic heterocycles. The van der Waals surface area contributed by atoms with Crippen molar-refractivity contribution in [3.8, 4) is 17.2 Å². The van der Waals surface area contributed by atoms with Crippen molar-refractivity contribution in [3.05, 3.63) is 77.4 Å². The van der Waals surface area contributed by atoms with Gasteiger partial charge in [-0.15, -0.1) is 0 Å². The topological polar surface area (TPSA) is 60.9 Å². The first-order valence-corrected chi connectivity index (χ1v) is 10.9. The van der Waals surface area contributed by atoms with Gasteiger partial charge < -0.3 is 14.2 Å². The van der Waals surface area contributed by atoms with Crippen LogP contribution in [0.5, 0.6) is 17.2 Å². The maximum atomic E-state index is 13.8. The quantitative estimate of drug-likeness (QED) is 0.375. The number of thiazole rings is 1. The lowest BCUT2D eigenvalue weighted by molar-refractivity contribution is 0.0982. The van der Waals surface area contributed by atoms with Crippen LogP contribution >= 0.6 is 11.3 Å². The Hall–Kier alpha value is -3.58. The predicted molar refractivity (Wildman–Crippen MR) is 127 cm³/mol. The molecule has 0 saturated heterocycles. The summed E-state index contributed by atoms with van der Waals surface area (Å²) in [6.45, 7) is 2.39. The van der Waals surface area contributed by atoms with Gasteiger partial charge in [0, 0.05) is 0 Å². The first-order chi connectivity index (χ1) is 15.5. The highest BCUT2D eigenvalue weighted by atomic mass is 32.1. The Kier molecular flexibility index (Phi) is 6.28. The average Bonchev–Trinajstić information content (AvgIpc) is 3.28. The van der Waals surface area contributed by atoms with E-state index < -0.39 is 0 Å². The van der Waals surface area contributed by atoms with Crippen LogP contribution in [0.15, 0.2) is 60.7 Å². The van der Waals surface area contributed by atoms with Crippen LogP contribution in [-0.2, 0) is 6.54 Å². The van der Waals surface area contributed by atoms with E-state index in [0.717, 1.165) is 21.3 Å². The summed E-state index contributed by atoms with van der Waals surface area (Å²) in [5.74, 6) is 1.51. The van der Waals surface area contributed by atoms with Gasteiger partial charge in [-0.2, -0.15) is 0 Å². The molecule has 164 valence electrons. The summed E-state index contributed by atoms with van der Waals surface area (Å²) in [4.78, 5) is 20.3. The fourth-order valence-electron chi connectivity index (χ4n) is 3.50. The molecule has 0 spiro atoms. The number of carbonyl (C=O) groups excluding carboxylic acids is 1. The minimum absolute atomic E-state index is 0.222. The molecule has 32 heavy (non-hydrogen) atoms. The summed E-state index contributed by atoms with van der Waals surface area (Å²) in [6, 6.07) is 18.9. The van der Waals surface area contributed by atoms with Crippen LogP contribution in [0.1, 0.15) is 21.5 Å². The van der Waals surface area contributed by atoms with Gasteiger partial charge in [0.1, 0.15) is 22.8 Å². The van der Waals surface area contributed by atoms with Crippen LogP contribution in [-0.4, -0.2) is 32.2 Å². The minimum Gasteiger partial charge on any atom is -0.497 e. The van der Waals surface area contributed by atoms with Crippen molar-refractivity contribution in [1.29, 1.82) is 0 Å². The summed E-state index contributed by atoms with van der Waals surface area (Å²) < 4.78 is 17.3. The average molecular weight is 449 g/mol. The highest BCUT2D eigenvalue weighted by Crippen LogP contribution is 2.38. The number of amides is 1. The summed E-state index contributed by atoms with van der Waals surface area (Å²) >= 11 is 1.47. The lowest BCUT2D eigenvalue weighted by atomic mass is 10.1. The molecule has 0 saturated carbocycles. The number of anilines is 1. The second-order valence-corrected chi connectivity index (χ2v) is 8.18. The van der Waals surface area contributed by atoms with Crippen molar-refractivity contribution >= 4 is 32.6 Å². The molecular formula is C25H24N2O4S. The normalized spacial score (nSPS) is 10.8. The van der Waals surface area contributed by atoms with E-state index in [1.54, 1.807) is 44.4 Å². The lowest BCUT2D eigenvalue weighted by Crippen LogP contribution is -2.30. The molecule has 1 heterocycles. The smallest absolute Gasteiger partial charge is 0.264 e. The van der Waals surface area contributed by atoms with E-state index in [-0.39, 0.29) is 5.91 Å². The van der Waals surface area contributed by atoms with Gasteiger partial charge in [-0.3, -0.25) is 9.69 Å². The molecule has 4 rings (SSSR count). The largest absolute Gasteiger partial charge is 0.497 e. The number of carbonyl (C=O) groups is 1. The van der Waals surface area contributed by atoms with Gasteiger partial charge in [-0.1, -0.05) is 47.7 Å². The molecule has 1 amide bonds. The van der Waals surface area contributed by atoms with Gasteiger partial charge in [0.05, 0.1) is 38.1 Å². The predicted octanol–water partition coefficient (Wildman–Crippen LogP) is 5.48. The summed E-state index contributed by atoms with van der Waals surface area (Å²) in [7, 11) is 4.74. The van der Waals surface area contributed by atoms with Gasteiger partial charge >= 0.3 is 0 Å². The van der Waals surface area contributed by atoms with Gasteiger partial charge in [-0.25, -0.2) is 4.98 Å². The summed E-state index contributed by atoms with van der Waals surface area (Å²) in [5, 5.41) is 0.589. The van der Waals surface area contributed by atoms with Gasteiger partial charge in [0.25, 0.3) is 5.91 Å². The molecule has 0 atom stereocenters. The van der Waals surface area contributed by atoms with Crippen molar-refractivity contribution in [2.75, 3.05) is 26.2 Å². The highest BCUT2D eigenvalue weighted by molar-refractivity contribution is 7.22. The van der Waals surface area contributed by atoms with Gasteiger partial charge in [0.2, 0.25) is 0 Å². The molecule has 4 aromatic rings. The first-order valence-electron chi connectivity index (χ1n) is 10.1. The van der Waals surface area contributed by atoms with Crippen molar-refractivity contribution in [2.45, 2.75) is 13.5 Å². The second kappa shape index (κ2) is 9.28. The fourth-order valence-corrected chi connectivity index (χ4v) is 4.55. The zero-order valence-corrected chi connectivity index (χ0v) is 19.2. The Balaban J connectivity index is 1.86. The Morgan fingerprint density at radius 1 is 0.938 bits per heavy atom. The number of aryl methyl sites for hydroxylation is 1. The Bertz CT molecular complexity index is 1250. The van der Waals surface area contributed by atoms with Crippen molar-refractivity contribution in [1.82, 2.24) is 4.98 Å². The number of rotatable bonds is 7. The molecule has 0 aliphatic rings. The third-order valence-electron chi connectivity index (χ3n) is 5.21. The third kappa shape index (κ3) is 4.11. The Labute approximate surface area is 191 Å². The Morgan fingerprint density at radius 3 is 2.34 bits per heavy atom. The van der Waals surface area contributed by atoms with E-state index in [1.807, 2.05) is 49.4 Å². The molecule has 7 heteroatoms. The monoisotopic (exact) mass is 448 g/mol. The van der Waals surface area contributed by atoms with Crippen LogP contribution in [0.4, 0.5) is 5.13 Å². The van der Waals surface area contributed by atoms with E-state index in [4.69, 9.17) is 19.2 Å². The molecule has 3 aromatic carbocycles. The number of nitrogens with zero attached hydrogens (tertiary/aromatic N) is 2. The number of fused-ring (bicyclic) bond motifs is 1. The van der Waals surface area contributed by atoms with Crippen molar-refractivity contribution in [3.63, 3.8) is 0 Å². The molecule has 0 radical (unpaired) electrons. The maximum Gasteiger partial charge on any atom is 0.264 e. The fraction of sp³-hybridized carbons (Fsp3) is 0.200. The zero-order chi connectivity index (χ0) is 22.7. The molecule has 1 aromatic heterocycles. The summed E-state index contributed by atoms with van der Waals surface area (Å²) in [5.41, 5.74) is 3.22. The van der Waals surface area contributed by atoms with E-state index in [9.17, 15) is 4.79 Å². The highest BCUT2D eigenvalue weighted by Gasteiger charge is 2.26. The minimum atomic E-state index is -0.222.